The van der Waals surface area contributed by atoms with Crippen molar-refractivity contribution in [2.24, 2.45) is 5.73 Å². The zero-order valence-corrected chi connectivity index (χ0v) is 9.99. The summed E-state index contributed by atoms with van der Waals surface area (Å²) in [5.74, 6) is 0.916. The van der Waals surface area contributed by atoms with Gasteiger partial charge in [-0.1, -0.05) is 0 Å². The van der Waals surface area contributed by atoms with E-state index in [1.54, 1.807) is 13.4 Å². The molecule has 0 fully saturated rings. The Morgan fingerprint density at radius 3 is 3.12 bits per heavy atom. The minimum absolute atomic E-state index is 0.0265. The number of fused-ring (bicyclic) bond motifs is 1. The molecule has 1 aromatic rings. The lowest BCUT2D eigenvalue weighted by Crippen LogP contribution is -2.54. The summed E-state index contributed by atoms with van der Waals surface area (Å²) >= 11 is 0. The summed E-state index contributed by atoms with van der Waals surface area (Å²) in [7, 11) is 1.61. The summed E-state index contributed by atoms with van der Waals surface area (Å²) < 4.78 is 7.06. The van der Waals surface area contributed by atoms with Crippen molar-refractivity contribution in [1.82, 2.24) is 19.7 Å². The molecule has 96 valence electrons. The molecule has 0 spiro atoms. The molecule has 1 aliphatic heterocycles. The molecule has 0 radical (unpaired) electrons. The van der Waals surface area contributed by atoms with E-state index in [2.05, 4.69) is 15.1 Å². The van der Waals surface area contributed by atoms with Crippen LogP contribution in [0.15, 0.2) is 6.33 Å². The van der Waals surface area contributed by atoms with Crippen LogP contribution in [0.5, 0.6) is 0 Å². The fourth-order valence-corrected chi connectivity index (χ4v) is 2.19. The van der Waals surface area contributed by atoms with Crippen molar-refractivity contribution in [3.8, 4) is 0 Å². The van der Waals surface area contributed by atoms with Gasteiger partial charge in [0.1, 0.15) is 12.2 Å². The summed E-state index contributed by atoms with van der Waals surface area (Å²) in [4.78, 5) is 2.13. The fraction of sp³-hybridized carbons (Fsp3) is 0.800. The molecule has 2 heterocycles. The first-order chi connectivity index (χ1) is 8.26. The van der Waals surface area contributed by atoms with Crippen molar-refractivity contribution in [1.29, 1.82) is 0 Å². The first-order valence-corrected chi connectivity index (χ1v) is 5.72. The van der Waals surface area contributed by atoms with Crippen LogP contribution in [0.25, 0.3) is 0 Å². The van der Waals surface area contributed by atoms with Gasteiger partial charge in [-0.25, -0.2) is 0 Å². The van der Waals surface area contributed by atoms with Gasteiger partial charge >= 0.3 is 0 Å². The van der Waals surface area contributed by atoms with Crippen molar-refractivity contribution in [3.05, 3.63) is 12.2 Å². The van der Waals surface area contributed by atoms with E-state index in [4.69, 9.17) is 10.5 Å². The largest absolute Gasteiger partial charge is 0.395 e. The number of rotatable bonds is 5. The van der Waals surface area contributed by atoms with Gasteiger partial charge in [-0.15, -0.1) is 10.2 Å². The second kappa shape index (κ2) is 5.54. The maximum absolute atomic E-state index is 9.45. The Labute approximate surface area is 100 Å². The molecule has 7 nitrogen and oxygen atoms in total. The molecule has 3 N–H and O–H groups in total. The molecule has 7 heteroatoms. The molecule has 2 unspecified atom stereocenters. The molecule has 0 amide bonds. The predicted octanol–water partition coefficient (Wildman–Crippen LogP) is -1.57. The van der Waals surface area contributed by atoms with Gasteiger partial charge in [-0.05, 0) is 0 Å². The Kier molecular flexibility index (Phi) is 4.06. The second-order valence-electron chi connectivity index (χ2n) is 4.28. The average molecular weight is 241 g/mol. The summed E-state index contributed by atoms with van der Waals surface area (Å²) in [5.41, 5.74) is 6.00. The van der Waals surface area contributed by atoms with Gasteiger partial charge in [-0.3, -0.25) is 4.90 Å². The molecular weight excluding hydrogens is 222 g/mol. The molecule has 0 bridgehead atoms. The molecule has 0 saturated heterocycles. The molecule has 2 rings (SSSR count). The zero-order chi connectivity index (χ0) is 12.3. The number of aliphatic hydroxyl groups is 1. The number of nitrogens with zero attached hydrogens (tertiary/aromatic N) is 4. The third-order valence-corrected chi connectivity index (χ3v) is 3.18. The van der Waals surface area contributed by atoms with Gasteiger partial charge in [0, 0.05) is 26.2 Å². The number of methoxy groups -OCH3 is 1. The van der Waals surface area contributed by atoms with Gasteiger partial charge in [0.15, 0.2) is 0 Å². The van der Waals surface area contributed by atoms with E-state index in [1.165, 1.54) is 0 Å². The van der Waals surface area contributed by atoms with Crippen LogP contribution in [0, 0.1) is 0 Å². The zero-order valence-electron chi connectivity index (χ0n) is 9.99. The number of hydrogen-bond acceptors (Lipinski definition) is 6. The summed E-state index contributed by atoms with van der Waals surface area (Å²) in [6.45, 7) is 2.81. The third-order valence-electron chi connectivity index (χ3n) is 3.18. The molecule has 1 aliphatic rings. The lowest BCUT2D eigenvalue weighted by atomic mass is 10.1. The maximum Gasteiger partial charge on any atom is 0.147 e. The SMILES string of the molecule is COCC(N)C(CO)N1CCn2cnnc2C1. The van der Waals surface area contributed by atoms with E-state index >= 15 is 0 Å². The summed E-state index contributed by atoms with van der Waals surface area (Å²) in [5, 5.41) is 17.4. The first-order valence-electron chi connectivity index (χ1n) is 5.72. The van der Waals surface area contributed by atoms with Gasteiger partial charge in [-0.2, -0.15) is 0 Å². The summed E-state index contributed by atoms with van der Waals surface area (Å²) in [6, 6.07) is -0.292. The van der Waals surface area contributed by atoms with Crippen LogP contribution >= 0.6 is 0 Å². The van der Waals surface area contributed by atoms with E-state index in [1.807, 2.05) is 4.57 Å². The molecule has 2 atom stereocenters. The van der Waals surface area contributed by atoms with E-state index in [0.717, 1.165) is 18.9 Å². The van der Waals surface area contributed by atoms with Crippen LogP contribution < -0.4 is 5.73 Å². The number of aliphatic hydroxyl groups excluding tert-OH is 1. The normalized spacial score (nSPS) is 19.9. The number of aromatic nitrogens is 3. The van der Waals surface area contributed by atoms with E-state index in [0.29, 0.717) is 13.2 Å². The van der Waals surface area contributed by atoms with Gasteiger partial charge in [0.2, 0.25) is 0 Å². The van der Waals surface area contributed by atoms with Crippen molar-refractivity contribution >= 4 is 0 Å². The van der Waals surface area contributed by atoms with Crippen LogP contribution in [0.4, 0.5) is 0 Å². The Bertz CT molecular complexity index is 356. The second-order valence-corrected chi connectivity index (χ2v) is 4.28. The van der Waals surface area contributed by atoms with Gasteiger partial charge in [0.25, 0.3) is 0 Å². The molecule has 1 aromatic heterocycles. The Morgan fingerprint density at radius 2 is 2.41 bits per heavy atom. The number of ether oxygens (including phenoxy) is 1. The minimum atomic E-state index is -0.195. The van der Waals surface area contributed by atoms with Crippen molar-refractivity contribution in [2.45, 2.75) is 25.2 Å². The van der Waals surface area contributed by atoms with Crippen molar-refractivity contribution in [2.75, 3.05) is 26.9 Å². The highest BCUT2D eigenvalue weighted by Crippen LogP contribution is 2.14. The predicted molar refractivity (Wildman–Crippen MR) is 61.2 cm³/mol. The Morgan fingerprint density at radius 1 is 1.59 bits per heavy atom. The smallest absolute Gasteiger partial charge is 0.147 e. The molecule has 0 aromatic carbocycles. The van der Waals surface area contributed by atoms with E-state index < -0.39 is 0 Å². The summed E-state index contributed by atoms with van der Waals surface area (Å²) in [6.07, 6.45) is 1.73. The monoisotopic (exact) mass is 241 g/mol. The van der Waals surface area contributed by atoms with Crippen LogP contribution in [0.3, 0.4) is 0 Å². The van der Waals surface area contributed by atoms with Gasteiger partial charge < -0.3 is 20.1 Å². The number of hydrogen-bond donors (Lipinski definition) is 2. The van der Waals surface area contributed by atoms with Gasteiger partial charge in [0.05, 0.1) is 25.8 Å². The van der Waals surface area contributed by atoms with Crippen LogP contribution in [-0.4, -0.2) is 63.7 Å². The molecule has 0 aliphatic carbocycles. The fourth-order valence-electron chi connectivity index (χ4n) is 2.19. The molecule has 0 saturated carbocycles. The highest BCUT2D eigenvalue weighted by Gasteiger charge is 2.28. The Hall–Kier alpha value is -1.02. The third kappa shape index (κ3) is 2.63. The molecule has 17 heavy (non-hydrogen) atoms. The van der Waals surface area contributed by atoms with Crippen LogP contribution in [0.1, 0.15) is 5.82 Å². The van der Waals surface area contributed by atoms with E-state index in [9.17, 15) is 5.11 Å². The minimum Gasteiger partial charge on any atom is -0.395 e. The lowest BCUT2D eigenvalue weighted by Gasteiger charge is -2.36. The number of nitrogens with two attached hydrogens (primary N) is 1. The average Bonchev–Trinajstić information content (AvgIpc) is 2.77. The maximum atomic E-state index is 9.45. The lowest BCUT2D eigenvalue weighted by molar-refractivity contribution is 0.0534. The van der Waals surface area contributed by atoms with Crippen LogP contribution in [0.2, 0.25) is 0 Å². The van der Waals surface area contributed by atoms with Crippen molar-refractivity contribution < 1.29 is 9.84 Å². The quantitative estimate of drug-likeness (QED) is 0.647. The van der Waals surface area contributed by atoms with E-state index in [-0.39, 0.29) is 18.7 Å². The first kappa shape index (κ1) is 12.4. The van der Waals surface area contributed by atoms with Crippen LogP contribution in [-0.2, 0) is 17.8 Å². The Balaban J connectivity index is 2.02. The molecular formula is C10H19N5O2. The highest BCUT2D eigenvalue weighted by atomic mass is 16.5. The standard InChI is InChI=1S/C10H19N5O2/c1-17-6-8(11)9(5-16)14-2-3-15-7-12-13-10(15)4-14/h7-9,16H,2-6,11H2,1H3. The highest BCUT2D eigenvalue weighted by molar-refractivity contribution is 4.93. The topological polar surface area (TPSA) is 89.4 Å². The van der Waals surface area contributed by atoms with Crippen molar-refractivity contribution in [3.63, 3.8) is 0 Å².